The number of benzene rings is 3. The van der Waals surface area contributed by atoms with E-state index in [9.17, 15) is 0 Å². The molecule has 0 aliphatic rings. The second-order valence-corrected chi connectivity index (χ2v) is 5.76. The zero-order valence-corrected chi connectivity index (χ0v) is 12.4. The van der Waals surface area contributed by atoms with Gasteiger partial charge in [0.05, 0.1) is 0 Å². The zero-order valence-electron chi connectivity index (χ0n) is 12.4. The van der Waals surface area contributed by atoms with Gasteiger partial charge < -0.3 is 5.73 Å². The van der Waals surface area contributed by atoms with Crippen LogP contribution in [0, 0.1) is 0 Å². The van der Waals surface area contributed by atoms with Crippen molar-refractivity contribution in [1.82, 2.24) is 0 Å². The molecule has 3 aromatic carbocycles. The monoisotopic (exact) mass is 275 g/mol. The van der Waals surface area contributed by atoms with E-state index in [1.54, 1.807) is 0 Å². The van der Waals surface area contributed by atoms with Crippen LogP contribution < -0.4 is 5.73 Å². The first-order valence-corrected chi connectivity index (χ1v) is 7.53. The van der Waals surface area contributed by atoms with Gasteiger partial charge in [0, 0.05) is 6.04 Å². The topological polar surface area (TPSA) is 26.0 Å². The first kappa shape index (κ1) is 13.8. The van der Waals surface area contributed by atoms with Gasteiger partial charge in [0.15, 0.2) is 0 Å². The van der Waals surface area contributed by atoms with Crippen LogP contribution in [0.3, 0.4) is 0 Å². The number of rotatable bonds is 4. The van der Waals surface area contributed by atoms with E-state index < -0.39 is 0 Å². The van der Waals surface area contributed by atoms with Crippen LogP contribution in [0.2, 0.25) is 0 Å². The molecule has 0 saturated carbocycles. The van der Waals surface area contributed by atoms with Gasteiger partial charge in [0.25, 0.3) is 0 Å². The Hall–Kier alpha value is -2.12. The molecule has 106 valence electrons. The Morgan fingerprint density at radius 2 is 1.43 bits per heavy atom. The second-order valence-electron chi connectivity index (χ2n) is 5.76. The fourth-order valence-corrected chi connectivity index (χ4v) is 2.87. The molecule has 0 heterocycles. The van der Waals surface area contributed by atoms with Crippen LogP contribution in [0.4, 0.5) is 0 Å². The smallest absolute Gasteiger partial charge is 0.0300 e. The fourth-order valence-electron chi connectivity index (χ4n) is 2.87. The van der Waals surface area contributed by atoms with Crippen molar-refractivity contribution >= 4 is 10.8 Å². The fraction of sp³-hybridized carbons (Fsp3) is 0.200. The molecular weight excluding hydrogens is 254 g/mol. The summed E-state index contributed by atoms with van der Waals surface area (Å²) < 4.78 is 0. The summed E-state index contributed by atoms with van der Waals surface area (Å²) in [6, 6.07) is 25.7. The van der Waals surface area contributed by atoms with Crippen molar-refractivity contribution in [3.63, 3.8) is 0 Å². The van der Waals surface area contributed by atoms with Crippen molar-refractivity contribution in [3.8, 4) is 0 Å². The van der Waals surface area contributed by atoms with Gasteiger partial charge in [0.1, 0.15) is 0 Å². The Morgan fingerprint density at radius 3 is 2.19 bits per heavy atom. The van der Waals surface area contributed by atoms with Gasteiger partial charge in [-0.3, -0.25) is 0 Å². The predicted octanol–water partition coefficient (Wildman–Crippen LogP) is 5.03. The van der Waals surface area contributed by atoms with E-state index >= 15 is 0 Å². The highest BCUT2D eigenvalue weighted by Crippen LogP contribution is 2.28. The molecule has 1 nitrogen and oxygen atoms in total. The Bertz CT molecular complexity index is 718. The maximum absolute atomic E-state index is 6.35. The van der Waals surface area contributed by atoms with E-state index in [1.807, 2.05) is 6.07 Å². The molecular formula is C20H21N. The second kappa shape index (κ2) is 6.11. The van der Waals surface area contributed by atoms with E-state index in [-0.39, 0.29) is 6.04 Å². The average molecular weight is 275 g/mol. The van der Waals surface area contributed by atoms with Crippen LogP contribution in [-0.2, 0) is 0 Å². The summed E-state index contributed by atoms with van der Waals surface area (Å²) in [7, 11) is 0. The van der Waals surface area contributed by atoms with Gasteiger partial charge in [-0.15, -0.1) is 0 Å². The molecule has 0 bridgehead atoms. The molecule has 0 saturated heterocycles. The molecule has 0 radical (unpaired) electrons. The third-order valence-corrected chi connectivity index (χ3v) is 4.18. The standard InChI is InChI=1S/C20H21N/c1-15(13-20(21)17-8-3-2-4-9-17)18-12-11-16-7-5-6-10-19(16)14-18/h2-12,14-15,20H,13,21H2,1H3. The number of fused-ring (bicyclic) bond motifs is 1. The molecule has 3 rings (SSSR count). The first-order valence-electron chi connectivity index (χ1n) is 7.53. The highest BCUT2D eigenvalue weighted by molar-refractivity contribution is 5.83. The van der Waals surface area contributed by atoms with Gasteiger partial charge in [0.2, 0.25) is 0 Å². The highest BCUT2D eigenvalue weighted by atomic mass is 14.6. The SMILES string of the molecule is CC(CC(N)c1ccccc1)c1ccc2ccccc2c1. The van der Waals surface area contributed by atoms with E-state index in [0.29, 0.717) is 5.92 Å². The van der Waals surface area contributed by atoms with Crippen LogP contribution in [0.15, 0.2) is 72.8 Å². The summed E-state index contributed by atoms with van der Waals surface area (Å²) in [5.41, 5.74) is 8.92. The molecule has 0 spiro atoms. The normalized spacial score (nSPS) is 14.0. The molecule has 3 aromatic rings. The minimum atomic E-state index is 0.0904. The maximum atomic E-state index is 6.35. The first-order chi connectivity index (χ1) is 10.2. The lowest BCUT2D eigenvalue weighted by Crippen LogP contribution is -2.13. The number of hydrogen-bond acceptors (Lipinski definition) is 1. The van der Waals surface area contributed by atoms with E-state index in [0.717, 1.165) is 6.42 Å². The van der Waals surface area contributed by atoms with Crippen molar-refractivity contribution in [2.45, 2.75) is 25.3 Å². The molecule has 2 unspecified atom stereocenters. The summed E-state index contributed by atoms with van der Waals surface area (Å²) in [5, 5.41) is 2.59. The van der Waals surface area contributed by atoms with Crippen LogP contribution in [0.25, 0.3) is 10.8 Å². The molecule has 0 fully saturated rings. The Balaban J connectivity index is 1.79. The van der Waals surface area contributed by atoms with E-state index in [2.05, 4.69) is 73.7 Å². The molecule has 21 heavy (non-hydrogen) atoms. The quantitative estimate of drug-likeness (QED) is 0.709. The van der Waals surface area contributed by atoms with Gasteiger partial charge >= 0.3 is 0 Å². The van der Waals surface area contributed by atoms with Crippen molar-refractivity contribution in [2.75, 3.05) is 0 Å². The Morgan fingerprint density at radius 1 is 0.762 bits per heavy atom. The van der Waals surface area contributed by atoms with Gasteiger partial charge in [-0.1, -0.05) is 79.7 Å². The maximum Gasteiger partial charge on any atom is 0.0300 e. The van der Waals surface area contributed by atoms with Crippen molar-refractivity contribution < 1.29 is 0 Å². The lowest BCUT2D eigenvalue weighted by atomic mass is 9.90. The lowest BCUT2D eigenvalue weighted by molar-refractivity contribution is 0.574. The van der Waals surface area contributed by atoms with Gasteiger partial charge in [-0.2, -0.15) is 0 Å². The third kappa shape index (κ3) is 3.14. The summed E-state index contributed by atoms with van der Waals surface area (Å²) >= 11 is 0. The zero-order chi connectivity index (χ0) is 14.7. The van der Waals surface area contributed by atoms with Gasteiger partial charge in [-0.05, 0) is 34.2 Å². The van der Waals surface area contributed by atoms with Crippen molar-refractivity contribution in [3.05, 3.63) is 83.9 Å². The van der Waals surface area contributed by atoms with Crippen molar-refractivity contribution in [1.29, 1.82) is 0 Å². The Kier molecular flexibility index (Phi) is 4.03. The Labute approximate surface area is 126 Å². The molecule has 0 aromatic heterocycles. The van der Waals surface area contributed by atoms with E-state index in [4.69, 9.17) is 5.73 Å². The largest absolute Gasteiger partial charge is 0.324 e. The third-order valence-electron chi connectivity index (χ3n) is 4.18. The molecule has 0 aliphatic heterocycles. The highest BCUT2D eigenvalue weighted by Gasteiger charge is 2.13. The predicted molar refractivity (Wildman–Crippen MR) is 90.4 cm³/mol. The summed E-state index contributed by atoms with van der Waals surface area (Å²) in [4.78, 5) is 0. The number of hydrogen-bond donors (Lipinski definition) is 1. The molecule has 2 atom stereocenters. The minimum absolute atomic E-state index is 0.0904. The lowest BCUT2D eigenvalue weighted by Gasteiger charge is -2.18. The van der Waals surface area contributed by atoms with Crippen molar-refractivity contribution in [2.24, 2.45) is 5.73 Å². The molecule has 2 N–H and O–H groups in total. The summed E-state index contributed by atoms with van der Waals surface area (Å²) in [6.45, 7) is 2.26. The minimum Gasteiger partial charge on any atom is -0.324 e. The number of nitrogens with two attached hydrogens (primary N) is 1. The summed E-state index contributed by atoms with van der Waals surface area (Å²) in [6.07, 6.45) is 0.961. The van der Waals surface area contributed by atoms with Crippen LogP contribution >= 0.6 is 0 Å². The van der Waals surface area contributed by atoms with Gasteiger partial charge in [-0.25, -0.2) is 0 Å². The molecule has 1 heteroatoms. The average Bonchev–Trinajstić information content (AvgIpc) is 2.55. The van der Waals surface area contributed by atoms with Crippen LogP contribution in [0.5, 0.6) is 0 Å². The van der Waals surface area contributed by atoms with Crippen LogP contribution in [-0.4, -0.2) is 0 Å². The summed E-state index contributed by atoms with van der Waals surface area (Å²) in [5.74, 6) is 0.449. The molecule has 0 aliphatic carbocycles. The van der Waals surface area contributed by atoms with E-state index in [1.165, 1.54) is 21.9 Å². The van der Waals surface area contributed by atoms with Crippen LogP contribution in [0.1, 0.15) is 36.4 Å². The molecule has 0 amide bonds.